The van der Waals surface area contributed by atoms with Gasteiger partial charge in [-0.3, -0.25) is 4.57 Å². The van der Waals surface area contributed by atoms with Crippen LogP contribution >= 0.6 is 28.1 Å². The minimum Gasteiger partial charge on any atom is -0.496 e. The fourth-order valence-corrected chi connectivity index (χ4v) is 2.67. The van der Waals surface area contributed by atoms with E-state index in [-0.39, 0.29) is 0 Å². The van der Waals surface area contributed by atoms with Crippen LogP contribution in [0, 0.1) is 4.77 Å². The Hall–Kier alpha value is -1.07. The van der Waals surface area contributed by atoms with Crippen LogP contribution in [0.25, 0.3) is 5.69 Å². The molecule has 1 N–H and O–H groups in total. The van der Waals surface area contributed by atoms with Gasteiger partial charge in [-0.15, -0.1) is 0 Å². The van der Waals surface area contributed by atoms with Gasteiger partial charge in [-0.05, 0) is 52.3 Å². The van der Waals surface area contributed by atoms with Crippen LogP contribution in [0.3, 0.4) is 0 Å². The van der Waals surface area contributed by atoms with Crippen molar-refractivity contribution in [3.8, 4) is 11.4 Å². The highest BCUT2D eigenvalue weighted by molar-refractivity contribution is 9.10. The summed E-state index contributed by atoms with van der Waals surface area (Å²) in [7, 11) is 1.65. The van der Waals surface area contributed by atoms with Gasteiger partial charge < -0.3 is 9.72 Å². The molecule has 18 heavy (non-hydrogen) atoms. The molecular weight excluding hydrogens is 312 g/mol. The Morgan fingerprint density at radius 3 is 2.67 bits per heavy atom. The first-order chi connectivity index (χ1) is 8.54. The van der Waals surface area contributed by atoms with Crippen molar-refractivity contribution in [3.63, 3.8) is 0 Å². The van der Waals surface area contributed by atoms with Crippen LogP contribution in [0.1, 0.15) is 25.5 Å². The molecule has 1 aromatic carbocycles. The molecule has 0 aliphatic rings. The van der Waals surface area contributed by atoms with Crippen molar-refractivity contribution < 1.29 is 4.74 Å². The summed E-state index contributed by atoms with van der Waals surface area (Å²) in [6.07, 6.45) is 1.96. The second kappa shape index (κ2) is 5.28. The lowest BCUT2D eigenvalue weighted by Crippen LogP contribution is -2.02. The Morgan fingerprint density at radius 1 is 1.39 bits per heavy atom. The number of nitrogens with one attached hydrogen (secondary N) is 1. The number of hydrogen-bond donors (Lipinski definition) is 1. The van der Waals surface area contributed by atoms with Crippen LogP contribution < -0.4 is 4.74 Å². The molecule has 2 aromatic rings. The molecule has 0 atom stereocenters. The predicted molar refractivity (Wildman–Crippen MR) is 79.3 cm³/mol. The molecule has 0 radical (unpaired) electrons. The number of ether oxygens (including phenoxy) is 1. The molecule has 0 saturated heterocycles. The number of aromatic amines is 1. The van der Waals surface area contributed by atoms with E-state index in [1.54, 1.807) is 7.11 Å². The Labute approximate surface area is 120 Å². The van der Waals surface area contributed by atoms with Crippen molar-refractivity contribution in [2.75, 3.05) is 7.11 Å². The molecule has 3 nitrogen and oxygen atoms in total. The topological polar surface area (TPSA) is 29.9 Å². The van der Waals surface area contributed by atoms with Gasteiger partial charge in [-0.1, -0.05) is 13.8 Å². The zero-order valence-corrected chi connectivity index (χ0v) is 12.9. The van der Waals surface area contributed by atoms with Gasteiger partial charge >= 0.3 is 0 Å². The molecule has 0 unspecified atom stereocenters. The van der Waals surface area contributed by atoms with Crippen molar-refractivity contribution in [1.82, 2.24) is 9.55 Å². The molecule has 1 heterocycles. The number of benzene rings is 1. The van der Waals surface area contributed by atoms with E-state index in [0.717, 1.165) is 21.6 Å². The van der Waals surface area contributed by atoms with Crippen molar-refractivity contribution in [3.05, 3.63) is 39.3 Å². The SMILES string of the molecule is COc1ccc(-n2c(C(C)C)c[nH]c2=S)cc1Br. The first-order valence-electron chi connectivity index (χ1n) is 5.69. The number of aromatic nitrogens is 2. The molecule has 0 bridgehead atoms. The van der Waals surface area contributed by atoms with E-state index in [1.807, 2.05) is 29.0 Å². The summed E-state index contributed by atoms with van der Waals surface area (Å²) < 4.78 is 8.90. The van der Waals surface area contributed by atoms with Gasteiger partial charge in [0, 0.05) is 17.6 Å². The van der Waals surface area contributed by atoms with Gasteiger partial charge in [0.15, 0.2) is 4.77 Å². The summed E-state index contributed by atoms with van der Waals surface area (Å²) in [5, 5.41) is 0. The van der Waals surface area contributed by atoms with Crippen LogP contribution in [0.5, 0.6) is 5.75 Å². The smallest absolute Gasteiger partial charge is 0.182 e. The Morgan fingerprint density at radius 2 is 2.11 bits per heavy atom. The molecule has 2 rings (SSSR count). The van der Waals surface area contributed by atoms with Crippen molar-refractivity contribution in [2.45, 2.75) is 19.8 Å². The number of hydrogen-bond acceptors (Lipinski definition) is 2. The third-order valence-electron chi connectivity index (χ3n) is 2.79. The molecule has 1 aromatic heterocycles. The molecule has 0 aliphatic carbocycles. The average molecular weight is 327 g/mol. The standard InChI is InChI=1S/C13H15BrN2OS/c1-8(2)11-7-15-13(18)16(11)9-4-5-12(17-3)10(14)6-9/h4-8H,1-3H3,(H,15,18). The molecule has 0 aliphatic heterocycles. The lowest BCUT2D eigenvalue weighted by molar-refractivity contribution is 0.412. The number of halogens is 1. The minimum absolute atomic E-state index is 0.402. The highest BCUT2D eigenvalue weighted by Crippen LogP contribution is 2.29. The molecule has 0 saturated carbocycles. The Kier molecular flexibility index (Phi) is 3.92. The fourth-order valence-electron chi connectivity index (χ4n) is 1.87. The Balaban J connectivity index is 2.59. The number of H-pyrrole nitrogens is 1. The van der Waals surface area contributed by atoms with Gasteiger partial charge in [-0.25, -0.2) is 0 Å². The minimum atomic E-state index is 0.402. The molecule has 96 valence electrons. The summed E-state index contributed by atoms with van der Waals surface area (Å²) in [6.45, 7) is 4.29. The number of methoxy groups -OCH3 is 1. The largest absolute Gasteiger partial charge is 0.496 e. The van der Waals surface area contributed by atoms with Crippen LogP contribution in [0.15, 0.2) is 28.9 Å². The first kappa shape index (κ1) is 13.4. The van der Waals surface area contributed by atoms with Gasteiger partial charge in [0.05, 0.1) is 11.6 Å². The van der Waals surface area contributed by atoms with E-state index < -0.39 is 0 Å². The zero-order valence-electron chi connectivity index (χ0n) is 10.5. The maximum atomic E-state index is 5.34. The fraction of sp³-hybridized carbons (Fsp3) is 0.308. The second-order valence-corrected chi connectivity index (χ2v) is 5.57. The summed E-state index contributed by atoms with van der Waals surface area (Å²) in [5.74, 6) is 1.21. The van der Waals surface area contributed by atoms with E-state index in [1.165, 1.54) is 0 Å². The lowest BCUT2D eigenvalue weighted by atomic mass is 10.1. The van der Waals surface area contributed by atoms with Gasteiger partial charge in [0.25, 0.3) is 0 Å². The monoisotopic (exact) mass is 326 g/mol. The highest BCUT2D eigenvalue weighted by Gasteiger charge is 2.11. The van der Waals surface area contributed by atoms with Gasteiger partial charge in [0.2, 0.25) is 0 Å². The normalized spacial score (nSPS) is 10.9. The highest BCUT2D eigenvalue weighted by atomic mass is 79.9. The first-order valence-corrected chi connectivity index (χ1v) is 6.89. The summed E-state index contributed by atoms with van der Waals surface area (Å²) >= 11 is 8.84. The van der Waals surface area contributed by atoms with E-state index in [4.69, 9.17) is 17.0 Å². The maximum Gasteiger partial charge on any atom is 0.182 e. The van der Waals surface area contributed by atoms with Crippen LogP contribution in [-0.4, -0.2) is 16.7 Å². The van der Waals surface area contributed by atoms with Crippen molar-refractivity contribution >= 4 is 28.1 Å². The van der Waals surface area contributed by atoms with E-state index >= 15 is 0 Å². The Bertz CT molecular complexity index is 616. The van der Waals surface area contributed by atoms with Crippen LogP contribution in [0.2, 0.25) is 0 Å². The second-order valence-electron chi connectivity index (χ2n) is 4.33. The maximum absolute atomic E-state index is 5.34. The number of imidazole rings is 1. The molecule has 0 spiro atoms. The number of nitrogens with zero attached hydrogens (tertiary/aromatic N) is 1. The van der Waals surface area contributed by atoms with E-state index in [0.29, 0.717) is 10.7 Å². The average Bonchev–Trinajstić information content (AvgIpc) is 2.71. The van der Waals surface area contributed by atoms with Crippen molar-refractivity contribution in [1.29, 1.82) is 0 Å². The third kappa shape index (κ3) is 2.37. The van der Waals surface area contributed by atoms with Crippen LogP contribution in [-0.2, 0) is 0 Å². The van der Waals surface area contributed by atoms with Crippen molar-refractivity contribution in [2.24, 2.45) is 0 Å². The summed E-state index contributed by atoms with van der Waals surface area (Å²) in [5.41, 5.74) is 2.19. The van der Waals surface area contributed by atoms with Gasteiger partial charge in [-0.2, -0.15) is 0 Å². The zero-order chi connectivity index (χ0) is 13.3. The quantitative estimate of drug-likeness (QED) is 0.845. The van der Waals surface area contributed by atoms with Gasteiger partial charge in [0.1, 0.15) is 5.75 Å². The lowest BCUT2D eigenvalue weighted by Gasteiger charge is -2.12. The molecule has 0 fully saturated rings. The predicted octanol–water partition coefficient (Wildman–Crippen LogP) is 4.43. The number of rotatable bonds is 3. The summed E-state index contributed by atoms with van der Waals surface area (Å²) in [6, 6.07) is 5.94. The third-order valence-corrected chi connectivity index (χ3v) is 3.71. The van der Waals surface area contributed by atoms with E-state index in [9.17, 15) is 0 Å². The molecular formula is C13H15BrN2OS. The van der Waals surface area contributed by atoms with E-state index in [2.05, 4.69) is 34.8 Å². The molecule has 0 amide bonds. The summed E-state index contributed by atoms with van der Waals surface area (Å²) in [4.78, 5) is 3.10. The molecule has 5 heteroatoms. The van der Waals surface area contributed by atoms with Crippen LogP contribution in [0.4, 0.5) is 0 Å².